The summed E-state index contributed by atoms with van der Waals surface area (Å²) in [4.78, 5) is 0. The molecule has 0 bridgehead atoms. The van der Waals surface area contributed by atoms with Gasteiger partial charge < -0.3 is 0 Å². The average Bonchev–Trinajstić information content (AvgIpc) is 2.68. The molecule has 0 radical (unpaired) electrons. The Hall–Kier alpha value is -0.350. The number of hydrogen-bond donors (Lipinski definition) is 0. The van der Waals surface area contributed by atoms with Crippen molar-refractivity contribution >= 4 is 10.1 Å². The molecule has 0 aromatic heterocycles. The van der Waals surface area contributed by atoms with E-state index in [4.69, 9.17) is 0 Å². The molecule has 12 heavy (non-hydrogen) atoms. The Balaban J connectivity index is 1.92. The maximum absolute atomic E-state index is 10.5. The summed E-state index contributed by atoms with van der Waals surface area (Å²) in [6, 6.07) is 0. The number of rotatable bonds is 6. The molecule has 3 nitrogen and oxygen atoms in total. The third-order valence-electron chi connectivity index (χ3n) is 1.68. The van der Waals surface area contributed by atoms with Gasteiger partial charge in [-0.05, 0) is 25.7 Å². The van der Waals surface area contributed by atoms with Crippen LogP contribution in [-0.2, 0) is 14.3 Å². The van der Waals surface area contributed by atoms with E-state index in [-0.39, 0.29) is 0 Å². The van der Waals surface area contributed by atoms with Crippen molar-refractivity contribution in [3.63, 3.8) is 0 Å². The van der Waals surface area contributed by atoms with Gasteiger partial charge in [-0.2, -0.15) is 8.42 Å². The van der Waals surface area contributed by atoms with Crippen LogP contribution in [0.1, 0.15) is 25.7 Å². The van der Waals surface area contributed by atoms with E-state index in [9.17, 15) is 8.42 Å². The summed E-state index contributed by atoms with van der Waals surface area (Å²) >= 11 is 0. The Morgan fingerprint density at radius 1 is 1.50 bits per heavy atom. The zero-order valence-electron chi connectivity index (χ0n) is 7.25. The molecule has 0 aliphatic heterocycles. The van der Waals surface area contributed by atoms with Crippen LogP contribution in [0.15, 0.2) is 11.6 Å². The molecule has 70 valence electrons. The minimum atomic E-state index is -3.22. The molecule has 1 aliphatic rings. The van der Waals surface area contributed by atoms with Gasteiger partial charge in [-0.15, -0.1) is 0 Å². The quantitative estimate of drug-likeness (QED) is 0.362. The lowest BCUT2D eigenvalue weighted by Gasteiger charge is -1.99. The van der Waals surface area contributed by atoms with E-state index in [0.29, 0.717) is 6.61 Å². The van der Waals surface area contributed by atoms with E-state index < -0.39 is 10.1 Å². The number of unbranched alkanes of at least 4 members (excludes halogenated alkanes) is 1. The second-order valence-electron chi connectivity index (χ2n) is 3.05. The topological polar surface area (TPSA) is 43.4 Å². The van der Waals surface area contributed by atoms with E-state index in [1.807, 2.05) is 0 Å². The highest BCUT2D eigenvalue weighted by atomic mass is 32.2. The van der Waals surface area contributed by atoms with Crippen LogP contribution in [0.3, 0.4) is 0 Å². The summed E-state index contributed by atoms with van der Waals surface area (Å²) in [6.45, 7) is 0.326. The maximum Gasteiger partial charge on any atom is 0.264 e. The molecule has 1 aliphatic carbocycles. The van der Waals surface area contributed by atoms with Gasteiger partial charge in [0.25, 0.3) is 10.1 Å². The average molecular weight is 190 g/mol. The molecule has 0 N–H and O–H groups in total. The zero-order valence-corrected chi connectivity index (χ0v) is 8.06. The van der Waals surface area contributed by atoms with Gasteiger partial charge in [0.05, 0.1) is 12.9 Å². The van der Waals surface area contributed by atoms with Crippen molar-refractivity contribution in [1.82, 2.24) is 0 Å². The van der Waals surface area contributed by atoms with Crippen LogP contribution in [0.4, 0.5) is 0 Å². The van der Waals surface area contributed by atoms with Gasteiger partial charge in [-0.1, -0.05) is 11.6 Å². The molecule has 0 aromatic carbocycles. The van der Waals surface area contributed by atoms with Crippen LogP contribution in [0.2, 0.25) is 0 Å². The Morgan fingerprint density at radius 3 is 2.67 bits per heavy atom. The zero-order chi connectivity index (χ0) is 9.03. The second-order valence-corrected chi connectivity index (χ2v) is 4.69. The smallest absolute Gasteiger partial charge is 0.264 e. The minimum absolute atomic E-state index is 0.326. The van der Waals surface area contributed by atoms with Crippen molar-refractivity contribution in [2.24, 2.45) is 0 Å². The molecule has 0 unspecified atom stereocenters. The Labute approximate surface area is 73.5 Å². The van der Waals surface area contributed by atoms with Crippen molar-refractivity contribution in [2.45, 2.75) is 25.7 Å². The summed E-state index contributed by atoms with van der Waals surface area (Å²) in [5.41, 5.74) is 1.49. The molecule has 0 saturated heterocycles. The minimum Gasteiger partial charge on any atom is -0.270 e. The van der Waals surface area contributed by atoms with Gasteiger partial charge in [0.1, 0.15) is 0 Å². The van der Waals surface area contributed by atoms with Gasteiger partial charge in [0.2, 0.25) is 0 Å². The van der Waals surface area contributed by atoms with E-state index in [2.05, 4.69) is 10.3 Å². The molecular weight excluding hydrogens is 176 g/mol. The summed E-state index contributed by atoms with van der Waals surface area (Å²) in [6.07, 6.45) is 7.39. The van der Waals surface area contributed by atoms with Crippen LogP contribution >= 0.6 is 0 Å². The van der Waals surface area contributed by atoms with Crippen molar-refractivity contribution in [2.75, 3.05) is 12.9 Å². The normalized spacial score (nSPS) is 15.9. The largest absolute Gasteiger partial charge is 0.270 e. The third-order valence-corrected chi connectivity index (χ3v) is 2.28. The fourth-order valence-corrected chi connectivity index (χ4v) is 1.36. The van der Waals surface area contributed by atoms with Crippen molar-refractivity contribution in [3.05, 3.63) is 11.6 Å². The van der Waals surface area contributed by atoms with E-state index in [1.165, 1.54) is 5.57 Å². The third kappa shape index (κ3) is 5.32. The van der Waals surface area contributed by atoms with E-state index >= 15 is 0 Å². The summed E-state index contributed by atoms with van der Waals surface area (Å²) < 4.78 is 25.6. The van der Waals surface area contributed by atoms with E-state index in [0.717, 1.165) is 31.9 Å². The first-order valence-electron chi connectivity index (χ1n) is 4.10. The molecule has 0 spiro atoms. The van der Waals surface area contributed by atoms with Gasteiger partial charge >= 0.3 is 0 Å². The first-order chi connectivity index (χ1) is 5.58. The van der Waals surface area contributed by atoms with Crippen LogP contribution in [0.25, 0.3) is 0 Å². The molecule has 4 heteroatoms. The van der Waals surface area contributed by atoms with Gasteiger partial charge in [-0.25, -0.2) is 0 Å². The molecular formula is C8H14O3S. The molecule has 1 rings (SSSR count). The Bertz CT molecular complexity index is 264. The maximum atomic E-state index is 10.5. The Morgan fingerprint density at radius 2 is 2.17 bits per heavy atom. The molecule has 0 heterocycles. The number of allylic oxidation sites excluding steroid dienone is 2. The fourth-order valence-electron chi connectivity index (χ4n) is 0.941. The molecule has 0 fully saturated rings. The van der Waals surface area contributed by atoms with Gasteiger partial charge in [0.15, 0.2) is 0 Å². The lowest BCUT2D eigenvalue weighted by Crippen LogP contribution is -2.03. The lowest BCUT2D eigenvalue weighted by molar-refractivity contribution is 0.312. The monoisotopic (exact) mass is 190 g/mol. The second kappa shape index (κ2) is 4.05. The van der Waals surface area contributed by atoms with Crippen LogP contribution in [0, 0.1) is 0 Å². The molecule has 0 saturated carbocycles. The molecule has 0 aromatic rings. The number of hydrogen-bond acceptors (Lipinski definition) is 3. The Kier molecular flexibility index (Phi) is 3.29. The highest BCUT2D eigenvalue weighted by molar-refractivity contribution is 7.85. The predicted molar refractivity (Wildman–Crippen MR) is 47.3 cm³/mol. The van der Waals surface area contributed by atoms with Gasteiger partial charge in [0, 0.05) is 0 Å². The summed E-state index contributed by atoms with van der Waals surface area (Å²) in [5, 5.41) is 0. The SMILES string of the molecule is CS(=O)(=O)OCCCCC1=CC1. The summed E-state index contributed by atoms with van der Waals surface area (Å²) in [7, 11) is -3.22. The standard InChI is InChI=1S/C8H14O3S/c1-12(9,10)11-7-3-2-4-8-5-6-8/h5H,2-4,6-7H2,1H3. The summed E-state index contributed by atoms with van der Waals surface area (Å²) in [5.74, 6) is 0. The van der Waals surface area contributed by atoms with Crippen molar-refractivity contribution in [1.29, 1.82) is 0 Å². The van der Waals surface area contributed by atoms with E-state index in [1.54, 1.807) is 0 Å². The lowest BCUT2D eigenvalue weighted by atomic mass is 10.2. The first kappa shape index (κ1) is 9.74. The van der Waals surface area contributed by atoms with Gasteiger partial charge in [-0.3, -0.25) is 4.18 Å². The van der Waals surface area contributed by atoms with Crippen LogP contribution in [-0.4, -0.2) is 21.3 Å². The predicted octanol–water partition coefficient (Wildman–Crippen LogP) is 1.46. The van der Waals surface area contributed by atoms with Crippen LogP contribution < -0.4 is 0 Å². The van der Waals surface area contributed by atoms with Crippen molar-refractivity contribution in [3.8, 4) is 0 Å². The van der Waals surface area contributed by atoms with Crippen molar-refractivity contribution < 1.29 is 12.6 Å². The highest BCUT2D eigenvalue weighted by Crippen LogP contribution is 2.24. The van der Waals surface area contributed by atoms with Crippen LogP contribution in [0.5, 0.6) is 0 Å². The fraction of sp³-hybridized carbons (Fsp3) is 0.750. The highest BCUT2D eigenvalue weighted by Gasteiger charge is 2.06. The molecule has 0 amide bonds. The first-order valence-corrected chi connectivity index (χ1v) is 5.92. The molecule has 0 atom stereocenters.